The second-order valence-electron chi connectivity index (χ2n) is 3.58. The molecule has 2 amide bonds. The highest BCUT2D eigenvalue weighted by atomic mass is 79.9. The number of carbonyl (C=O) groups excluding carboxylic acids is 2. The SMILES string of the molecule is O=C(O)c1cc(Br)ccc1N1C(=O)COCC1=O. The van der Waals surface area contributed by atoms with E-state index in [1.807, 2.05) is 0 Å². The third-order valence-corrected chi connectivity index (χ3v) is 2.87. The molecule has 1 heterocycles. The molecule has 0 aromatic heterocycles. The zero-order valence-corrected chi connectivity index (χ0v) is 10.6. The predicted molar refractivity (Wildman–Crippen MR) is 64.4 cm³/mol. The van der Waals surface area contributed by atoms with Crippen LogP contribution in [-0.4, -0.2) is 36.1 Å². The summed E-state index contributed by atoms with van der Waals surface area (Å²) >= 11 is 3.14. The van der Waals surface area contributed by atoms with Crippen molar-refractivity contribution in [1.82, 2.24) is 0 Å². The molecule has 0 spiro atoms. The fraction of sp³-hybridized carbons (Fsp3) is 0.182. The number of aromatic carboxylic acids is 1. The van der Waals surface area contributed by atoms with Crippen LogP contribution < -0.4 is 4.90 Å². The van der Waals surface area contributed by atoms with Gasteiger partial charge in [-0.05, 0) is 18.2 Å². The largest absolute Gasteiger partial charge is 0.478 e. The molecule has 1 fully saturated rings. The lowest BCUT2D eigenvalue weighted by molar-refractivity contribution is -0.138. The van der Waals surface area contributed by atoms with E-state index in [2.05, 4.69) is 15.9 Å². The summed E-state index contributed by atoms with van der Waals surface area (Å²) in [4.78, 5) is 35.3. The normalized spacial score (nSPS) is 15.9. The number of rotatable bonds is 2. The van der Waals surface area contributed by atoms with Crippen molar-refractivity contribution in [1.29, 1.82) is 0 Å². The first kappa shape index (κ1) is 12.7. The van der Waals surface area contributed by atoms with Crippen LogP contribution in [0.3, 0.4) is 0 Å². The maximum Gasteiger partial charge on any atom is 0.337 e. The van der Waals surface area contributed by atoms with E-state index >= 15 is 0 Å². The number of carboxylic acids is 1. The van der Waals surface area contributed by atoms with Gasteiger partial charge in [-0.2, -0.15) is 0 Å². The number of ether oxygens (including phenoxy) is 1. The summed E-state index contributed by atoms with van der Waals surface area (Å²) in [5, 5.41) is 9.09. The van der Waals surface area contributed by atoms with Crippen molar-refractivity contribution in [3.8, 4) is 0 Å². The fourth-order valence-electron chi connectivity index (χ4n) is 1.64. The van der Waals surface area contributed by atoms with Crippen molar-refractivity contribution >= 4 is 39.4 Å². The lowest BCUT2D eigenvalue weighted by Gasteiger charge is -2.26. The van der Waals surface area contributed by atoms with Crippen LogP contribution >= 0.6 is 15.9 Å². The fourth-order valence-corrected chi connectivity index (χ4v) is 2.00. The zero-order valence-electron chi connectivity index (χ0n) is 9.05. The minimum atomic E-state index is -1.21. The first-order valence-electron chi connectivity index (χ1n) is 4.97. The second kappa shape index (κ2) is 4.87. The molecule has 0 aliphatic carbocycles. The summed E-state index contributed by atoms with van der Waals surface area (Å²) in [6.07, 6.45) is 0. The van der Waals surface area contributed by atoms with E-state index in [0.29, 0.717) is 4.47 Å². The molecule has 0 radical (unpaired) electrons. The van der Waals surface area contributed by atoms with Gasteiger partial charge in [-0.3, -0.25) is 9.59 Å². The Morgan fingerprint density at radius 1 is 1.28 bits per heavy atom. The van der Waals surface area contributed by atoms with Crippen molar-refractivity contribution in [3.63, 3.8) is 0 Å². The van der Waals surface area contributed by atoms with Crippen LogP contribution in [0.2, 0.25) is 0 Å². The number of amides is 2. The lowest BCUT2D eigenvalue weighted by Crippen LogP contribution is -2.47. The molecule has 6 nitrogen and oxygen atoms in total. The van der Waals surface area contributed by atoms with Gasteiger partial charge < -0.3 is 9.84 Å². The summed E-state index contributed by atoms with van der Waals surface area (Å²) in [6.45, 7) is -0.471. The van der Waals surface area contributed by atoms with Crippen molar-refractivity contribution < 1.29 is 24.2 Å². The zero-order chi connectivity index (χ0) is 13.3. The highest BCUT2D eigenvalue weighted by Gasteiger charge is 2.31. The van der Waals surface area contributed by atoms with Gasteiger partial charge in [0, 0.05) is 4.47 Å². The van der Waals surface area contributed by atoms with Crippen LogP contribution in [0.4, 0.5) is 5.69 Å². The van der Waals surface area contributed by atoms with E-state index in [1.54, 1.807) is 6.07 Å². The molecule has 2 rings (SSSR count). The average molecular weight is 314 g/mol. The molecular weight excluding hydrogens is 306 g/mol. The van der Waals surface area contributed by atoms with E-state index in [0.717, 1.165) is 4.90 Å². The molecule has 1 saturated heterocycles. The Kier molecular flexibility index (Phi) is 3.44. The van der Waals surface area contributed by atoms with Crippen LogP contribution in [0.5, 0.6) is 0 Å². The van der Waals surface area contributed by atoms with Crippen molar-refractivity contribution in [2.45, 2.75) is 0 Å². The van der Waals surface area contributed by atoms with Crippen molar-refractivity contribution in [3.05, 3.63) is 28.2 Å². The van der Waals surface area contributed by atoms with Gasteiger partial charge in [0.1, 0.15) is 13.2 Å². The number of halogens is 1. The van der Waals surface area contributed by atoms with Gasteiger partial charge >= 0.3 is 5.97 Å². The summed E-state index contributed by atoms with van der Waals surface area (Å²) in [7, 11) is 0. The Morgan fingerprint density at radius 3 is 2.44 bits per heavy atom. The van der Waals surface area contributed by atoms with Crippen molar-refractivity contribution in [2.24, 2.45) is 0 Å². The number of benzene rings is 1. The van der Waals surface area contributed by atoms with Gasteiger partial charge in [0.2, 0.25) is 0 Å². The standard InChI is InChI=1S/C11H8BrNO5/c12-6-1-2-8(7(3-6)11(16)17)13-9(14)4-18-5-10(13)15/h1-3H,4-5H2,(H,16,17). The van der Waals surface area contributed by atoms with E-state index in [4.69, 9.17) is 9.84 Å². The smallest absolute Gasteiger partial charge is 0.337 e. The number of nitrogens with zero attached hydrogens (tertiary/aromatic N) is 1. The third kappa shape index (κ3) is 2.27. The molecule has 0 atom stereocenters. The van der Waals surface area contributed by atoms with Gasteiger partial charge in [0.15, 0.2) is 0 Å². The van der Waals surface area contributed by atoms with E-state index in [1.165, 1.54) is 12.1 Å². The van der Waals surface area contributed by atoms with Gasteiger partial charge in [-0.1, -0.05) is 15.9 Å². The topological polar surface area (TPSA) is 83.9 Å². The number of morpholine rings is 1. The second-order valence-corrected chi connectivity index (χ2v) is 4.50. The van der Waals surface area contributed by atoms with Gasteiger partial charge in [0.25, 0.3) is 11.8 Å². The number of carbonyl (C=O) groups is 3. The molecular formula is C11H8BrNO5. The highest BCUT2D eigenvalue weighted by Crippen LogP contribution is 2.26. The van der Waals surface area contributed by atoms with Crippen LogP contribution in [0.25, 0.3) is 0 Å². The van der Waals surface area contributed by atoms with Crippen LogP contribution in [0.1, 0.15) is 10.4 Å². The predicted octanol–water partition coefficient (Wildman–Crippen LogP) is 1.04. The molecule has 94 valence electrons. The Bertz CT molecular complexity index is 526. The molecule has 1 aliphatic heterocycles. The molecule has 0 bridgehead atoms. The summed E-state index contributed by atoms with van der Waals surface area (Å²) in [5.74, 6) is -2.36. The van der Waals surface area contributed by atoms with Crippen LogP contribution in [-0.2, 0) is 14.3 Å². The molecule has 0 saturated carbocycles. The highest BCUT2D eigenvalue weighted by molar-refractivity contribution is 9.10. The quantitative estimate of drug-likeness (QED) is 0.825. The van der Waals surface area contributed by atoms with Gasteiger partial charge in [-0.25, -0.2) is 9.69 Å². The Hall–Kier alpha value is -1.73. The molecule has 1 aromatic carbocycles. The first-order chi connectivity index (χ1) is 8.50. The Morgan fingerprint density at radius 2 is 1.89 bits per heavy atom. The van der Waals surface area contributed by atoms with Crippen LogP contribution in [0.15, 0.2) is 22.7 Å². The maximum absolute atomic E-state index is 11.6. The number of hydrogen-bond donors (Lipinski definition) is 1. The maximum atomic E-state index is 11.6. The monoisotopic (exact) mass is 313 g/mol. The third-order valence-electron chi connectivity index (χ3n) is 2.38. The molecule has 18 heavy (non-hydrogen) atoms. The molecule has 1 N–H and O–H groups in total. The minimum absolute atomic E-state index is 0.0593. The summed E-state index contributed by atoms with van der Waals surface area (Å²) in [6, 6.07) is 4.32. The molecule has 1 aromatic rings. The minimum Gasteiger partial charge on any atom is -0.478 e. The van der Waals surface area contributed by atoms with E-state index < -0.39 is 17.8 Å². The van der Waals surface area contributed by atoms with Crippen LogP contribution in [0, 0.1) is 0 Å². The Labute approximate surface area is 110 Å². The van der Waals surface area contributed by atoms with E-state index in [9.17, 15) is 14.4 Å². The summed E-state index contributed by atoms with van der Waals surface area (Å²) < 4.78 is 5.32. The summed E-state index contributed by atoms with van der Waals surface area (Å²) in [5.41, 5.74) is -0.0584. The Balaban J connectivity index is 2.52. The first-order valence-corrected chi connectivity index (χ1v) is 5.76. The molecule has 0 unspecified atom stereocenters. The number of imide groups is 1. The number of carboxylic acid groups (broad SMARTS) is 1. The van der Waals surface area contributed by atoms with Gasteiger partial charge in [-0.15, -0.1) is 0 Å². The average Bonchev–Trinajstić information content (AvgIpc) is 2.30. The van der Waals surface area contributed by atoms with E-state index in [-0.39, 0.29) is 24.5 Å². The van der Waals surface area contributed by atoms with Crippen molar-refractivity contribution in [2.75, 3.05) is 18.1 Å². The number of hydrogen-bond acceptors (Lipinski definition) is 4. The molecule has 1 aliphatic rings. The van der Waals surface area contributed by atoms with Gasteiger partial charge in [0.05, 0.1) is 11.3 Å². The molecule has 7 heteroatoms. The lowest BCUT2D eigenvalue weighted by atomic mass is 10.1. The number of anilines is 1.